The van der Waals surface area contributed by atoms with Gasteiger partial charge in [0.05, 0.1) is 0 Å². The highest BCUT2D eigenvalue weighted by molar-refractivity contribution is 7.10. The number of thiophene rings is 1. The fraction of sp³-hybridized carbons (Fsp3) is 0.375. The molecule has 1 aliphatic rings. The van der Waals surface area contributed by atoms with Crippen LogP contribution in [0.1, 0.15) is 47.9 Å². The molecular weight excluding hydrogens is 238 g/mol. The minimum absolute atomic E-state index is 0.419. The lowest BCUT2D eigenvalue weighted by Crippen LogP contribution is -2.27. The first-order chi connectivity index (χ1) is 8.84. The molecule has 1 nitrogen and oxygen atoms in total. The number of nitrogens with one attached hydrogen (secondary N) is 1. The first kappa shape index (κ1) is 11.9. The summed E-state index contributed by atoms with van der Waals surface area (Å²) in [6, 6.07) is 14.0. The standard InChI is InChI=1S/C16H19NS/c1-12(13-6-3-2-4-7-13)17-15-8-5-9-16-14(15)10-11-18-16/h2-4,6-7,10-12,15,17H,5,8-9H2,1H3/t12-,15?/m0/s1. The number of hydrogen-bond acceptors (Lipinski definition) is 2. The molecule has 1 heterocycles. The predicted octanol–water partition coefficient (Wildman–Crippen LogP) is 4.48. The topological polar surface area (TPSA) is 12.0 Å². The quantitative estimate of drug-likeness (QED) is 0.855. The first-order valence-corrected chi connectivity index (χ1v) is 7.60. The molecule has 0 saturated carbocycles. The van der Waals surface area contributed by atoms with Crippen molar-refractivity contribution in [3.63, 3.8) is 0 Å². The van der Waals surface area contributed by atoms with Crippen LogP contribution in [0.3, 0.4) is 0 Å². The second kappa shape index (κ2) is 5.25. The highest BCUT2D eigenvalue weighted by atomic mass is 32.1. The van der Waals surface area contributed by atoms with Gasteiger partial charge in [-0.05, 0) is 48.8 Å². The minimum Gasteiger partial charge on any atom is -0.303 e. The van der Waals surface area contributed by atoms with E-state index in [2.05, 4.69) is 54.0 Å². The van der Waals surface area contributed by atoms with E-state index in [4.69, 9.17) is 0 Å². The Labute approximate surface area is 113 Å². The van der Waals surface area contributed by atoms with Gasteiger partial charge < -0.3 is 5.32 Å². The van der Waals surface area contributed by atoms with E-state index in [0.29, 0.717) is 12.1 Å². The summed E-state index contributed by atoms with van der Waals surface area (Å²) < 4.78 is 0. The summed E-state index contributed by atoms with van der Waals surface area (Å²) in [6.45, 7) is 2.26. The van der Waals surface area contributed by atoms with Crippen LogP contribution in [0.15, 0.2) is 41.8 Å². The van der Waals surface area contributed by atoms with E-state index in [-0.39, 0.29) is 0 Å². The molecule has 1 aromatic carbocycles. The van der Waals surface area contributed by atoms with Gasteiger partial charge in [0, 0.05) is 17.0 Å². The average molecular weight is 257 g/mol. The second-order valence-corrected chi connectivity index (χ2v) is 6.04. The summed E-state index contributed by atoms with van der Waals surface area (Å²) in [7, 11) is 0. The SMILES string of the molecule is C[C@H](NC1CCCc2sccc21)c1ccccc1. The Hall–Kier alpha value is -1.12. The van der Waals surface area contributed by atoms with Gasteiger partial charge in [0.25, 0.3) is 0 Å². The molecule has 0 bridgehead atoms. The maximum atomic E-state index is 3.78. The van der Waals surface area contributed by atoms with E-state index in [1.165, 1.54) is 30.4 Å². The van der Waals surface area contributed by atoms with E-state index in [0.717, 1.165) is 0 Å². The normalized spacial score (nSPS) is 20.4. The fourth-order valence-corrected chi connectivity index (χ4v) is 3.79. The third kappa shape index (κ3) is 2.36. The van der Waals surface area contributed by atoms with Gasteiger partial charge >= 0.3 is 0 Å². The third-order valence-corrected chi connectivity index (χ3v) is 4.80. The Morgan fingerprint density at radius 2 is 2.06 bits per heavy atom. The number of benzene rings is 1. The summed E-state index contributed by atoms with van der Waals surface area (Å²) >= 11 is 1.91. The average Bonchev–Trinajstić information content (AvgIpc) is 2.89. The van der Waals surface area contributed by atoms with Gasteiger partial charge in [-0.2, -0.15) is 0 Å². The molecule has 1 aromatic heterocycles. The zero-order valence-electron chi connectivity index (χ0n) is 10.7. The molecular formula is C16H19NS. The Morgan fingerprint density at radius 3 is 2.89 bits per heavy atom. The Kier molecular flexibility index (Phi) is 3.48. The van der Waals surface area contributed by atoms with Gasteiger partial charge in [-0.25, -0.2) is 0 Å². The maximum absolute atomic E-state index is 3.78. The summed E-state index contributed by atoms with van der Waals surface area (Å²) in [5, 5.41) is 6.02. The summed E-state index contributed by atoms with van der Waals surface area (Å²) in [5.74, 6) is 0. The molecule has 2 aromatic rings. The lowest BCUT2D eigenvalue weighted by Gasteiger charge is -2.27. The van der Waals surface area contributed by atoms with Crippen molar-refractivity contribution in [2.45, 2.75) is 38.3 Å². The smallest absolute Gasteiger partial charge is 0.0336 e. The van der Waals surface area contributed by atoms with Gasteiger partial charge in [-0.15, -0.1) is 11.3 Å². The fourth-order valence-electron chi connectivity index (χ4n) is 2.80. The summed E-state index contributed by atoms with van der Waals surface area (Å²) in [4.78, 5) is 1.58. The molecule has 0 amide bonds. The predicted molar refractivity (Wildman–Crippen MR) is 78.0 cm³/mol. The van der Waals surface area contributed by atoms with Gasteiger partial charge in [0.2, 0.25) is 0 Å². The zero-order valence-corrected chi connectivity index (χ0v) is 11.5. The van der Waals surface area contributed by atoms with Gasteiger partial charge in [-0.3, -0.25) is 0 Å². The Bertz CT molecular complexity index is 503. The van der Waals surface area contributed by atoms with E-state index in [9.17, 15) is 0 Å². The molecule has 94 valence electrons. The number of fused-ring (bicyclic) bond motifs is 1. The molecule has 1 aliphatic carbocycles. The summed E-state index contributed by atoms with van der Waals surface area (Å²) in [5.41, 5.74) is 2.91. The van der Waals surface area contributed by atoms with Crippen LogP contribution in [-0.2, 0) is 6.42 Å². The van der Waals surface area contributed by atoms with Crippen LogP contribution in [0.5, 0.6) is 0 Å². The Balaban J connectivity index is 1.75. The van der Waals surface area contributed by atoms with E-state index < -0.39 is 0 Å². The zero-order chi connectivity index (χ0) is 12.4. The van der Waals surface area contributed by atoms with Crippen molar-refractivity contribution in [2.75, 3.05) is 0 Å². The Morgan fingerprint density at radius 1 is 1.22 bits per heavy atom. The maximum Gasteiger partial charge on any atom is 0.0336 e. The third-order valence-electron chi connectivity index (χ3n) is 3.80. The lowest BCUT2D eigenvalue weighted by molar-refractivity contribution is 0.418. The van der Waals surface area contributed by atoms with Crippen LogP contribution in [0.2, 0.25) is 0 Å². The highest BCUT2D eigenvalue weighted by Gasteiger charge is 2.22. The largest absolute Gasteiger partial charge is 0.303 e. The van der Waals surface area contributed by atoms with Crippen LogP contribution in [0.25, 0.3) is 0 Å². The molecule has 1 unspecified atom stereocenters. The van der Waals surface area contributed by atoms with Crippen molar-refractivity contribution in [3.8, 4) is 0 Å². The van der Waals surface area contributed by atoms with E-state index in [1.807, 2.05) is 11.3 Å². The second-order valence-electron chi connectivity index (χ2n) is 5.04. The van der Waals surface area contributed by atoms with Crippen molar-refractivity contribution in [2.24, 2.45) is 0 Å². The van der Waals surface area contributed by atoms with Crippen LogP contribution in [0.4, 0.5) is 0 Å². The van der Waals surface area contributed by atoms with E-state index >= 15 is 0 Å². The summed E-state index contributed by atoms with van der Waals surface area (Å²) in [6.07, 6.45) is 3.85. The molecule has 0 spiro atoms. The number of rotatable bonds is 3. The lowest BCUT2D eigenvalue weighted by atomic mass is 9.93. The highest BCUT2D eigenvalue weighted by Crippen LogP contribution is 2.34. The molecule has 0 aliphatic heterocycles. The number of aryl methyl sites for hydroxylation is 1. The van der Waals surface area contributed by atoms with Crippen molar-refractivity contribution < 1.29 is 0 Å². The molecule has 2 heteroatoms. The minimum atomic E-state index is 0.419. The van der Waals surface area contributed by atoms with Crippen LogP contribution >= 0.6 is 11.3 Å². The van der Waals surface area contributed by atoms with Crippen LogP contribution in [0, 0.1) is 0 Å². The van der Waals surface area contributed by atoms with Crippen molar-refractivity contribution in [1.29, 1.82) is 0 Å². The van der Waals surface area contributed by atoms with Gasteiger partial charge in [-0.1, -0.05) is 30.3 Å². The molecule has 0 saturated heterocycles. The molecule has 0 radical (unpaired) electrons. The molecule has 3 rings (SSSR count). The molecule has 1 N–H and O–H groups in total. The van der Waals surface area contributed by atoms with E-state index in [1.54, 1.807) is 4.88 Å². The molecule has 18 heavy (non-hydrogen) atoms. The van der Waals surface area contributed by atoms with Crippen LogP contribution < -0.4 is 5.32 Å². The van der Waals surface area contributed by atoms with Crippen LogP contribution in [-0.4, -0.2) is 0 Å². The van der Waals surface area contributed by atoms with Crippen molar-refractivity contribution >= 4 is 11.3 Å². The molecule has 0 fully saturated rings. The number of hydrogen-bond donors (Lipinski definition) is 1. The monoisotopic (exact) mass is 257 g/mol. The van der Waals surface area contributed by atoms with Gasteiger partial charge in [0.1, 0.15) is 0 Å². The van der Waals surface area contributed by atoms with Gasteiger partial charge in [0.15, 0.2) is 0 Å². The van der Waals surface area contributed by atoms with Crippen molar-refractivity contribution in [3.05, 3.63) is 57.8 Å². The molecule has 2 atom stereocenters. The first-order valence-electron chi connectivity index (χ1n) is 6.72. The van der Waals surface area contributed by atoms with Crippen molar-refractivity contribution in [1.82, 2.24) is 5.32 Å².